The van der Waals surface area contributed by atoms with Gasteiger partial charge in [0.25, 0.3) is 0 Å². The third-order valence-corrected chi connectivity index (χ3v) is 4.48. The molecule has 0 saturated carbocycles. The van der Waals surface area contributed by atoms with Gasteiger partial charge in [-0.1, -0.05) is 29.3 Å². The molecule has 1 N–H and O–H groups in total. The van der Waals surface area contributed by atoms with Crippen LogP contribution in [-0.2, 0) is 6.42 Å². The van der Waals surface area contributed by atoms with Gasteiger partial charge in [0.1, 0.15) is 0 Å². The summed E-state index contributed by atoms with van der Waals surface area (Å²) < 4.78 is 3.21. The largest absolute Gasteiger partial charge is 0.310 e. The van der Waals surface area contributed by atoms with Gasteiger partial charge in [-0.05, 0) is 50.1 Å². The Labute approximate surface area is 128 Å². The minimum atomic E-state index is 0.460. The van der Waals surface area contributed by atoms with Crippen LogP contribution in [0.15, 0.2) is 34.9 Å². The standard InChI is InChI=1S/C16H20BrN3/c1-2-18-15-5-3-4-6-16-14(15)11-19-20(16)13-9-7-12(17)8-10-13/h7-11,15,18H,2-6H2,1H3. The van der Waals surface area contributed by atoms with Gasteiger partial charge in [0, 0.05) is 21.8 Å². The first kappa shape index (κ1) is 13.8. The first-order valence-corrected chi connectivity index (χ1v) is 8.15. The van der Waals surface area contributed by atoms with Crippen LogP contribution in [0.3, 0.4) is 0 Å². The summed E-state index contributed by atoms with van der Waals surface area (Å²) in [6.45, 7) is 3.18. The molecule has 0 amide bonds. The quantitative estimate of drug-likeness (QED) is 0.860. The second kappa shape index (κ2) is 6.10. The number of nitrogens with one attached hydrogen (secondary N) is 1. The molecule has 4 heteroatoms. The monoisotopic (exact) mass is 333 g/mol. The highest BCUT2D eigenvalue weighted by molar-refractivity contribution is 9.10. The Bertz CT molecular complexity index is 574. The van der Waals surface area contributed by atoms with E-state index in [1.54, 1.807) is 0 Å². The molecule has 0 radical (unpaired) electrons. The van der Waals surface area contributed by atoms with Crippen LogP contribution in [0.25, 0.3) is 5.69 Å². The topological polar surface area (TPSA) is 29.9 Å². The Hall–Kier alpha value is -1.13. The van der Waals surface area contributed by atoms with E-state index in [0.717, 1.165) is 23.1 Å². The summed E-state index contributed by atoms with van der Waals surface area (Å²) in [4.78, 5) is 0. The number of fused-ring (bicyclic) bond motifs is 1. The average molecular weight is 334 g/mol. The van der Waals surface area contributed by atoms with Crippen molar-refractivity contribution in [3.8, 4) is 5.69 Å². The summed E-state index contributed by atoms with van der Waals surface area (Å²) in [5, 5.41) is 8.23. The number of aromatic nitrogens is 2. The summed E-state index contributed by atoms with van der Waals surface area (Å²) in [7, 11) is 0. The van der Waals surface area contributed by atoms with E-state index in [4.69, 9.17) is 0 Å². The fourth-order valence-electron chi connectivity index (χ4n) is 2.99. The Balaban J connectivity index is 2.00. The smallest absolute Gasteiger partial charge is 0.0649 e. The van der Waals surface area contributed by atoms with Gasteiger partial charge in [-0.2, -0.15) is 5.10 Å². The predicted molar refractivity (Wildman–Crippen MR) is 85.2 cm³/mol. The van der Waals surface area contributed by atoms with E-state index in [1.165, 1.54) is 30.5 Å². The highest BCUT2D eigenvalue weighted by atomic mass is 79.9. The molecule has 1 aliphatic carbocycles. The average Bonchev–Trinajstić information content (AvgIpc) is 2.77. The molecule has 0 aliphatic heterocycles. The molecule has 1 unspecified atom stereocenters. The van der Waals surface area contributed by atoms with Gasteiger partial charge in [0.05, 0.1) is 11.9 Å². The van der Waals surface area contributed by atoms with Crippen LogP contribution in [0, 0.1) is 0 Å². The van der Waals surface area contributed by atoms with E-state index in [2.05, 4.69) is 68.4 Å². The number of hydrogen-bond donors (Lipinski definition) is 1. The lowest BCUT2D eigenvalue weighted by Crippen LogP contribution is -2.20. The van der Waals surface area contributed by atoms with E-state index >= 15 is 0 Å². The van der Waals surface area contributed by atoms with Crippen molar-refractivity contribution in [2.24, 2.45) is 0 Å². The van der Waals surface area contributed by atoms with Gasteiger partial charge in [0.2, 0.25) is 0 Å². The fourth-order valence-corrected chi connectivity index (χ4v) is 3.25. The molecule has 106 valence electrons. The minimum Gasteiger partial charge on any atom is -0.310 e. The first-order valence-electron chi connectivity index (χ1n) is 7.35. The summed E-state index contributed by atoms with van der Waals surface area (Å²) in [6, 6.07) is 8.83. The minimum absolute atomic E-state index is 0.460. The van der Waals surface area contributed by atoms with E-state index in [1.807, 2.05) is 0 Å². The Morgan fingerprint density at radius 3 is 2.85 bits per heavy atom. The molecule has 2 aromatic rings. The van der Waals surface area contributed by atoms with E-state index in [0.29, 0.717) is 6.04 Å². The van der Waals surface area contributed by atoms with Crippen LogP contribution in [-0.4, -0.2) is 16.3 Å². The Morgan fingerprint density at radius 1 is 1.30 bits per heavy atom. The van der Waals surface area contributed by atoms with Gasteiger partial charge in [0.15, 0.2) is 0 Å². The molecular formula is C16H20BrN3. The Kier molecular flexibility index (Phi) is 4.22. The van der Waals surface area contributed by atoms with Crippen LogP contribution in [0.1, 0.15) is 43.5 Å². The van der Waals surface area contributed by atoms with Crippen LogP contribution < -0.4 is 5.32 Å². The van der Waals surface area contributed by atoms with Crippen LogP contribution >= 0.6 is 15.9 Å². The second-order valence-electron chi connectivity index (χ2n) is 5.29. The van der Waals surface area contributed by atoms with E-state index in [9.17, 15) is 0 Å². The first-order chi connectivity index (χ1) is 9.79. The van der Waals surface area contributed by atoms with Crippen molar-refractivity contribution >= 4 is 15.9 Å². The van der Waals surface area contributed by atoms with Gasteiger partial charge in [-0.25, -0.2) is 4.68 Å². The SMILES string of the molecule is CCNC1CCCCc2c1cnn2-c1ccc(Br)cc1. The van der Waals surface area contributed by atoms with Crippen molar-refractivity contribution < 1.29 is 0 Å². The summed E-state index contributed by atoms with van der Waals surface area (Å²) in [6.07, 6.45) is 6.92. The maximum atomic E-state index is 4.63. The zero-order chi connectivity index (χ0) is 13.9. The van der Waals surface area contributed by atoms with Crippen LogP contribution in [0.4, 0.5) is 0 Å². The molecule has 1 aromatic heterocycles. The summed E-state index contributed by atoms with van der Waals surface area (Å²) in [5.74, 6) is 0. The third-order valence-electron chi connectivity index (χ3n) is 3.95. The molecule has 1 atom stereocenters. The van der Waals surface area contributed by atoms with Gasteiger partial charge in [-0.3, -0.25) is 0 Å². The highest BCUT2D eigenvalue weighted by Crippen LogP contribution is 2.30. The normalized spacial score (nSPS) is 18.6. The van der Waals surface area contributed by atoms with Crippen molar-refractivity contribution in [3.63, 3.8) is 0 Å². The zero-order valence-electron chi connectivity index (χ0n) is 11.8. The molecule has 0 bridgehead atoms. The molecule has 0 saturated heterocycles. The fraction of sp³-hybridized carbons (Fsp3) is 0.438. The molecule has 0 spiro atoms. The van der Waals surface area contributed by atoms with Crippen LogP contribution in [0.5, 0.6) is 0 Å². The van der Waals surface area contributed by atoms with Crippen molar-refractivity contribution in [1.29, 1.82) is 0 Å². The van der Waals surface area contributed by atoms with Crippen molar-refractivity contribution in [2.45, 2.75) is 38.6 Å². The van der Waals surface area contributed by atoms with Crippen molar-refractivity contribution in [3.05, 3.63) is 46.2 Å². The summed E-state index contributed by atoms with van der Waals surface area (Å²) >= 11 is 3.49. The lowest BCUT2D eigenvalue weighted by Gasteiger charge is -2.15. The zero-order valence-corrected chi connectivity index (χ0v) is 13.4. The molecule has 1 heterocycles. The second-order valence-corrected chi connectivity index (χ2v) is 6.21. The highest BCUT2D eigenvalue weighted by Gasteiger charge is 2.22. The molecule has 3 rings (SSSR count). The van der Waals surface area contributed by atoms with Crippen molar-refractivity contribution in [2.75, 3.05) is 6.54 Å². The predicted octanol–water partition coefficient (Wildman–Crippen LogP) is 4.01. The number of halogens is 1. The Morgan fingerprint density at radius 2 is 2.10 bits per heavy atom. The maximum absolute atomic E-state index is 4.63. The van der Waals surface area contributed by atoms with Crippen LogP contribution in [0.2, 0.25) is 0 Å². The number of benzene rings is 1. The van der Waals surface area contributed by atoms with Crippen molar-refractivity contribution in [1.82, 2.24) is 15.1 Å². The molecule has 1 aromatic carbocycles. The molecule has 1 aliphatic rings. The number of hydrogen-bond acceptors (Lipinski definition) is 2. The lowest BCUT2D eigenvalue weighted by molar-refractivity contribution is 0.503. The summed E-state index contributed by atoms with van der Waals surface area (Å²) in [5.41, 5.74) is 3.90. The number of rotatable bonds is 3. The molecule has 0 fully saturated rings. The molecule has 20 heavy (non-hydrogen) atoms. The maximum Gasteiger partial charge on any atom is 0.0649 e. The van der Waals surface area contributed by atoms with Gasteiger partial charge in [-0.15, -0.1) is 0 Å². The lowest BCUT2D eigenvalue weighted by atomic mass is 10.1. The number of nitrogens with zero attached hydrogens (tertiary/aromatic N) is 2. The third kappa shape index (κ3) is 2.67. The van der Waals surface area contributed by atoms with E-state index < -0.39 is 0 Å². The van der Waals surface area contributed by atoms with Gasteiger partial charge < -0.3 is 5.32 Å². The molecular weight excluding hydrogens is 314 g/mol. The van der Waals surface area contributed by atoms with Gasteiger partial charge >= 0.3 is 0 Å². The molecule has 3 nitrogen and oxygen atoms in total. The van der Waals surface area contributed by atoms with E-state index in [-0.39, 0.29) is 0 Å².